The molecule has 1 heterocycles. The third-order valence-electron chi connectivity index (χ3n) is 5.51. The number of aliphatic hydroxyl groups is 3. The molecule has 0 aliphatic rings. The van der Waals surface area contributed by atoms with Gasteiger partial charge in [-0.2, -0.15) is 0 Å². The number of aliphatic hydroxyl groups excluding tert-OH is 3. The number of benzene rings is 1. The number of pyridine rings is 1. The number of carbonyl (C=O) groups is 1. The molecule has 3 atom stereocenters. The molecule has 1 aromatic heterocycles. The number of carbonyl (C=O) groups excluding carboxylic acids is 1. The molecule has 30 heavy (non-hydrogen) atoms. The maximum absolute atomic E-state index is 11.2. The number of aromatic nitrogens is 1. The fourth-order valence-corrected chi connectivity index (χ4v) is 3.63. The normalized spacial score (nSPS) is 14.4. The van der Waals surface area contributed by atoms with Crippen molar-refractivity contribution in [3.8, 4) is 0 Å². The van der Waals surface area contributed by atoms with Crippen LogP contribution < -0.4 is 0 Å². The summed E-state index contributed by atoms with van der Waals surface area (Å²) in [7, 11) is 1.33. The molecule has 0 saturated heterocycles. The topological polar surface area (TPSA) is 99.9 Å². The van der Waals surface area contributed by atoms with Gasteiger partial charge < -0.3 is 20.1 Å². The first-order valence-corrected chi connectivity index (χ1v) is 11.0. The van der Waals surface area contributed by atoms with E-state index in [1.807, 2.05) is 30.3 Å². The van der Waals surface area contributed by atoms with Gasteiger partial charge in [-0.3, -0.25) is 9.78 Å². The zero-order valence-corrected chi connectivity index (χ0v) is 18.1. The van der Waals surface area contributed by atoms with Crippen LogP contribution in [0.25, 0.3) is 10.9 Å². The van der Waals surface area contributed by atoms with E-state index in [0.717, 1.165) is 41.4 Å². The molecule has 3 N–H and O–H groups in total. The molecule has 2 rings (SSSR count). The zero-order valence-electron chi connectivity index (χ0n) is 18.1. The Hall–Kier alpha value is -2.02. The number of hydrogen-bond acceptors (Lipinski definition) is 6. The average molecular weight is 418 g/mol. The SMILES string of the molecule is CCCCCC(O)c1cc2ccccc2nc1CC[C@@H](O)[C@@H](O)CCCC(=O)OC. The van der Waals surface area contributed by atoms with Crippen molar-refractivity contribution in [2.24, 2.45) is 0 Å². The lowest BCUT2D eigenvalue weighted by Gasteiger charge is -2.20. The number of aryl methyl sites for hydroxylation is 1. The van der Waals surface area contributed by atoms with E-state index in [1.54, 1.807) is 0 Å². The summed E-state index contributed by atoms with van der Waals surface area (Å²) in [6, 6.07) is 9.79. The molecule has 2 aromatic rings. The summed E-state index contributed by atoms with van der Waals surface area (Å²) < 4.78 is 4.59. The van der Waals surface area contributed by atoms with E-state index in [0.29, 0.717) is 32.1 Å². The third-order valence-corrected chi connectivity index (χ3v) is 5.51. The van der Waals surface area contributed by atoms with E-state index in [1.165, 1.54) is 7.11 Å². The Kier molecular flexibility index (Phi) is 10.2. The van der Waals surface area contributed by atoms with Crippen LogP contribution in [0.1, 0.15) is 75.7 Å². The Labute approximate surface area is 178 Å². The van der Waals surface area contributed by atoms with Crippen molar-refractivity contribution in [3.05, 3.63) is 41.6 Å². The van der Waals surface area contributed by atoms with E-state index in [4.69, 9.17) is 4.98 Å². The average Bonchev–Trinajstić information content (AvgIpc) is 2.76. The molecule has 6 heteroatoms. The molecule has 0 aliphatic carbocycles. The van der Waals surface area contributed by atoms with E-state index >= 15 is 0 Å². The monoisotopic (exact) mass is 417 g/mol. The number of fused-ring (bicyclic) bond motifs is 1. The van der Waals surface area contributed by atoms with Gasteiger partial charge in [-0.25, -0.2) is 0 Å². The Morgan fingerprint density at radius 2 is 1.77 bits per heavy atom. The van der Waals surface area contributed by atoms with E-state index in [-0.39, 0.29) is 12.4 Å². The van der Waals surface area contributed by atoms with E-state index in [2.05, 4.69) is 11.7 Å². The lowest BCUT2D eigenvalue weighted by atomic mass is 9.95. The van der Waals surface area contributed by atoms with Crippen molar-refractivity contribution in [1.29, 1.82) is 0 Å². The van der Waals surface area contributed by atoms with Crippen LogP contribution in [0.2, 0.25) is 0 Å². The number of unbranched alkanes of at least 4 members (excludes halogenated alkanes) is 2. The summed E-state index contributed by atoms with van der Waals surface area (Å²) >= 11 is 0. The quantitative estimate of drug-likeness (QED) is 0.338. The minimum Gasteiger partial charge on any atom is -0.469 e. The molecular weight excluding hydrogens is 382 g/mol. The Bertz CT molecular complexity index is 794. The van der Waals surface area contributed by atoms with Crippen molar-refractivity contribution < 1.29 is 24.9 Å². The molecule has 0 amide bonds. The molecular formula is C24H35NO5. The molecule has 6 nitrogen and oxygen atoms in total. The molecule has 0 aliphatic heterocycles. The van der Waals surface area contributed by atoms with Crippen molar-refractivity contribution >= 4 is 16.9 Å². The summed E-state index contributed by atoms with van der Waals surface area (Å²) in [5, 5.41) is 32.3. The number of esters is 1. The maximum atomic E-state index is 11.2. The van der Waals surface area contributed by atoms with Crippen LogP contribution >= 0.6 is 0 Å². The predicted molar refractivity (Wildman–Crippen MR) is 117 cm³/mol. The molecule has 0 fully saturated rings. The van der Waals surface area contributed by atoms with Crippen LogP contribution in [-0.4, -0.2) is 45.6 Å². The maximum Gasteiger partial charge on any atom is 0.305 e. The first-order valence-electron chi connectivity index (χ1n) is 11.0. The lowest BCUT2D eigenvalue weighted by molar-refractivity contribution is -0.140. The second-order valence-corrected chi connectivity index (χ2v) is 7.87. The molecule has 166 valence electrons. The second-order valence-electron chi connectivity index (χ2n) is 7.87. The van der Waals surface area contributed by atoms with E-state index in [9.17, 15) is 20.1 Å². The zero-order chi connectivity index (χ0) is 21.9. The van der Waals surface area contributed by atoms with Crippen LogP contribution in [0, 0.1) is 0 Å². The van der Waals surface area contributed by atoms with Gasteiger partial charge in [-0.1, -0.05) is 44.4 Å². The number of para-hydroxylation sites is 1. The van der Waals surface area contributed by atoms with Gasteiger partial charge in [0.15, 0.2) is 0 Å². The number of ether oxygens (including phenoxy) is 1. The highest BCUT2D eigenvalue weighted by Crippen LogP contribution is 2.27. The number of nitrogens with zero attached hydrogens (tertiary/aromatic N) is 1. The Morgan fingerprint density at radius 3 is 2.50 bits per heavy atom. The van der Waals surface area contributed by atoms with Crippen LogP contribution in [0.15, 0.2) is 30.3 Å². The lowest BCUT2D eigenvalue weighted by Crippen LogP contribution is -2.27. The highest BCUT2D eigenvalue weighted by atomic mass is 16.5. The number of methoxy groups -OCH3 is 1. The van der Waals surface area contributed by atoms with Crippen molar-refractivity contribution in [3.63, 3.8) is 0 Å². The van der Waals surface area contributed by atoms with Gasteiger partial charge in [0.05, 0.1) is 30.9 Å². The van der Waals surface area contributed by atoms with Gasteiger partial charge >= 0.3 is 5.97 Å². The standard InChI is InChI=1S/C24H35NO5/c1-3-4-5-11-21(26)18-16-17-9-6-7-10-19(17)25-20(18)14-15-23(28)22(27)12-8-13-24(29)30-2/h6-7,9-10,16,21-23,26-28H,3-5,8,11-15H2,1-2H3/t21?,22-,23+/m0/s1. The summed E-state index contributed by atoms with van der Waals surface area (Å²) in [6.07, 6.45) is 3.18. The van der Waals surface area contributed by atoms with Gasteiger partial charge in [0.1, 0.15) is 0 Å². The summed E-state index contributed by atoms with van der Waals surface area (Å²) in [4.78, 5) is 15.9. The third kappa shape index (κ3) is 7.35. The highest BCUT2D eigenvalue weighted by molar-refractivity contribution is 5.79. The minimum absolute atomic E-state index is 0.223. The molecule has 1 aromatic carbocycles. The first-order chi connectivity index (χ1) is 14.5. The fraction of sp³-hybridized carbons (Fsp3) is 0.583. The summed E-state index contributed by atoms with van der Waals surface area (Å²) in [6.45, 7) is 2.13. The predicted octanol–water partition coefficient (Wildman–Crippen LogP) is 3.85. The molecule has 0 radical (unpaired) electrons. The van der Waals surface area contributed by atoms with Gasteiger partial charge in [-0.15, -0.1) is 0 Å². The molecule has 0 saturated carbocycles. The molecule has 1 unspecified atom stereocenters. The number of hydrogen-bond donors (Lipinski definition) is 3. The van der Waals surface area contributed by atoms with Crippen LogP contribution in [0.3, 0.4) is 0 Å². The molecule has 0 spiro atoms. The fourth-order valence-electron chi connectivity index (χ4n) is 3.63. The van der Waals surface area contributed by atoms with Gasteiger partial charge in [0, 0.05) is 23.1 Å². The van der Waals surface area contributed by atoms with Crippen molar-refractivity contribution in [2.45, 2.75) is 83.0 Å². The summed E-state index contributed by atoms with van der Waals surface area (Å²) in [5.41, 5.74) is 2.42. The van der Waals surface area contributed by atoms with E-state index < -0.39 is 18.3 Å². The largest absolute Gasteiger partial charge is 0.469 e. The van der Waals surface area contributed by atoms with Crippen LogP contribution in [0.4, 0.5) is 0 Å². The van der Waals surface area contributed by atoms with Crippen LogP contribution in [0.5, 0.6) is 0 Å². The van der Waals surface area contributed by atoms with Gasteiger partial charge in [0.2, 0.25) is 0 Å². The first kappa shape index (κ1) is 24.3. The molecule has 0 bridgehead atoms. The van der Waals surface area contributed by atoms with Gasteiger partial charge in [0.25, 0.3) is 0 Å². The second kappa shape index (κ2) is 12.6. The number of rotatable bonds is 13. The Morgan fingerprint density at radius 1 is 1.03 bits per heavy atom. The summed E-state index contributed by atoms with van der Waals surface area (Å²) in [5.74, 6) is -0.321. The Balaban J connectivity index is 2.05. The van der Waals surface area contributed by atoms with Crippen molar-refractivity contribution in [2.75, 3.05) is 7.11 Å². The van der Waals surface area contributed by atoms with Gasteiger partial charge in [-0.05, 0) is 44.2 Å². The minimum atomic E-state index is -0.916. The smallest absolute Gasteiger partial charge is 0.305 e. The van der Waals surface area contributed by atoms with Crippen LogP contribution in [-0.2, 0) is 16.0 Å². The van der Waals surface area contributed by atoms with Crippen molar-refractivity contribution in [1.82, 2.24) is 4.98 Å². The highest BCUT2D eigenvalue weighted by Gasteiger charge is 2.20.